The van der Waals surface area contributed by atoms with E-state index in [1.165, 1.54) is 22.9 Å². The predicted octanol–water partition coefficient (Wildman–Crippen LogP) is 4.70. The number of benzene rings is 1. The molecule has 4 nitrogen and oxygen atoms in total. The summed E-state index contributed by atoms with van der Waals surface area (Å²) in [6, 6.07) is 6.31. The van der Waals surface area contributed by atoms with Gasteiger partial charge in [-0.25, -0.2) is 9.78 Å². The van der Waals surface area contributed by atoms with Crippen molar-refractivity contribution in [1.29, 1.82) is 0 Å². The van der Waals surface area contributed by atoms with Gasteiger partial charge in [0.2, 0.25) is 0 Å². The molecule has 2 aromatic heterocycles. The zero-order valence-electron chi connectivity index (χ0n) is 14.8. The first-order chi connectivity index (χ1) is 12.2. The molecular weight excluding hydrogens is 360 g/mol. The molecule has 26 heavy (non-hydrogen) atoms. The van der Waals surface area contributed by atoms with Crippen LogP contribution in [0.5, 0.6) is 0 Å². The van der Waals surface area contributed by atoms with Crippen LogP contribution in [0.3, 0.4) is 0 Å². The summed E-state index contributed by atoms with van der Waals surface area (Å²) in [6.45, 7) is 3.93. The quantitative estimate of drug-likeness (QED) is 0.620. The Balaban J connectivity index is 2.37. The molecule has 3 aromatic rings. The third-order valence-electron chi connectivity index (χ3n) is 4.51. The van der Waals surface area contributed by atoms with Crippen molar-refractivity contribution in [2.24, 2.45) is 14.1 Å². The molecule has 0 atom stereocenters. The highest BCUT2D eigenvalue weighted by atomic mass is 35.5. The average molecular weight is 378 g/mol. The van der Waals surface area contributed by atoms with Crippen LogP contribution in [0, 0.1) is 0 Å². The number of halogens is 3. The Bertz CT molecular complexity index is 1070. The maximum Gasteiger partial charge on any atom is 0.328 e. The van der Waals surface area contributed by atoms with Crippen LogP contribution in [0.2, 0.25) is 5.15 Å². The largest absolute Gasteiger partial charge is 0.328 e. The third-order valence-corrected chi connectivity index (χ3v) is 4.73. The number of rotatable bonds is 3. The zero-order chi connectivity index (χ0) is 19.2. The number of hydrogen-bond acceptors (Lipinski definition) is 2. The summed E-state index contributed by atoms with van der Waals surface area (Å²) < 4.78 is 30.7. The van der Waals surface area contributed by atoms with E-state index in [2.05, 4.69) is 4.98 Å². The summed E-state index contributed by atoms with van der Waals surface area (Å²) in [6.07, 6.45) is -0.496. The molecule has 0 aliphatic rings. The molecule has 0 amide bonds. The maximum absolute atomic E-state index is 13.8. The van der Waals surface area contributed by atoms with Gasteiger partial charge >= 0.3 is 5.69 Å². The minimum atomic E-state index is -1.82. The maximum atomic E-state index is 13.8. The van der Waals surface area contributed by atoms with Crippen molar-refractivity contribution in [3.8, 4) is 0 Å². The fourth-order valence-corrected chi connectivity index (χ4v) is 3.29. The van der Waals surface area contributed by atoms with Gasteiger partial charge in [0.15, 0.2) is 0 Å². The number of imidazole rings is 1. The first-order valence-electron chi connectivity index (χ1n) is 8.09. The molecule has 0 aliphatic heterocycles. The van der Waals surface area contributed by atoms with Crippen LogP contribution in [0.4, 0.5) is 8.78 Å². The SMILES string of the molecule is CC(C)c1cc(C(=C(F)F)c2ccc(Cl)nc2)cc2c1n(C)c(=O)n2C. The first kappa shape index (κ1) is 18.3. The fraction of sp³-hybridized carbons (Fsp3) is 0.263. The van der Waals surface area contributed by atoms with E-state index in [0.29, 0.717) is 11.1 Å². The van der Waals surface area contributed by atoms with E-state index in [9.17, 15) is 13.6 Å². The van der Waals surface area contributed by atoms with Gasteiger partial charge in [-0.2, -0.15) is 8.78 Å². The monoisotopic (exact) mass is 377 g/mol. The molecule has 1 aromatic carbocycles. The normalized spacial score (nSPS) is 11.4. The van der Waals surface area contributed by atoms with E-state index in [0.717, 1.165) is 11.1 Å². The van der Waals surface area contributed by atoms with Crippen molar-refractivity contribution in [2.75, 3.05) is 0 Å². The van der Waals surface area contributed by atoms with Gasteiger partial charge < -0.3 is 0 Å². The fourth-order valence-electron chi connectivity index (χ4n) is 3.18. The number of hydrogen-bond donors (Lipinski definition) is 0. The van der Waals surface area contributed by atoms with Gasteiger partial charge in [0.05, 0.1) is 16.6 Å². The van der Waals surface area contributed by atoms with Crippen LogP contribution < -0.4 is 5.69 Å². The smallest absolute Gasteiger partial charge is 0.295 e. The van der Waals surface area contributed by atoms with Crippen LogP contribution in [0.25, 0.3) is 16.6 Å². The predicted molar refractivity (Wildman–Crippen MR) is 99.7 cm³/mol. The second kappa shape index (κ2) is 6.68. The molecule has 0 unspecified atom stereocenters. The van der Waals surface area contributed by atoms with Gasteiger partial charge in [0.25, 0.3) is 6.08 Å². The Morgan fingerprint density at radius 1 is 1.12 bits per heavy atom. The lowest BCUT2D eigenvalue weighted by Gasteiger charge is -2.14. The highest BCUT2D eigenvalue weighted by Gasteiger charge is 2.20. The Kier molecular flexibility index (Phi) is 4.71. The Morgan fingerprint density at radius 3 is 2.35 bits per heavy atom. The number of aryl methyl sites for hydroxylation is 2. The van der Waals surface area contributed by atoms with E-state index in [-0.39, 0.29) is 27.9 Å². The van der Waals surface area contributed by atoms with Crippen LogP contribution in [0.15, 0.2) is 41.3 Å². The van der Waals surface area contributed by atoms with E-state index in [4.69, 9.17) is 11.6 Å². The lowest BCUT2D eigenvalue weighted by atomic mass is 9.93. The topological polar surface area (TPSA) is 39.8 Å². The van der Waals surface area contributed by atoms with Crippen molar-refractivity contribution in [2.45, 2.75) is 19.8 Å². The highest BCUT2D eigenvalue weighted by Crippen LogP contribution is 2.34. The van der Waals surface area contributed by atoms with Gasteiger partial charge in [-0.15, -0.1) is 0 Å². The molecule has 0 spiro atoms. The highest BCUT2D eigenvalue weighted by molar-refractivity contribution is 6.29. The number of nitrogens with zero attached hydrogens (tertiary/aromatic N) is 3. The molecule has 7 heteroatoms. The summed E-state index contributed by atoms with van der Waals surface area (Å²) in [7, 11) is 3.32. The van der Waals surface area contributed by atoms with Gasteiger partial charge in [-0.1, -0.05) is 25.4 Å². The average Bonchev–Trinajstić information content (AvgIpc) is 2.80. The zero-order valence-corrected chi connectivity index (χ0v) is 15.6. The van der Waals surface area contributed by atoms with Gasteiger partial charge in [-0.3, -0.25) is 9.13 Å². The summed E-state index contributed by atoms with van der Waals surface area (Å²) in [4.78, 5) is 16.2. The molecule has 136 valence electrons. The van der Waals surface area contributed by atoms with Gasteiger partial charge in [0.1, 0.15) is 5.15 Å². The Labute approximate surface area is 154 Å². The van der Waals surface area contributed by atoms with E-state index < -0.39 is 6.08 Å². The third kappa shape index (κ3) is 2.94. The molecule has 0 saturated carbocycles. The van der Waals surface area contributed by atoms with Crippen LogP contribution >= 0.6 is 11.6 Å². The molecule has 0 aliphatic carbocycles. The van der Waals surface area contributed by atoms with Crippen LogP contribution in [-0.2, 0) is 14.1 Å². The minimum absolute atomic E-state index is 0.0534. The molecular formula is C19H18ClF2N3O. The number of fused-ring (bicyclic) bond motifs is 1. The van der Waals surface area contributed by atoms with E-state index in [1.54, 1.807) is 30.8 Å². The molecule has 0 saturated heterocycles. The number of pyridine rings is 1. The van der Waals surface area contributed by atoms with E-state index >= 15 is 0 Å². The van der Waals surface area contributed by atoms with Gasteiger partial charge in [0, 0.05) is 25.9 Å². The van der Waals surface area contributed by atoms with Gasteiger partial charge in [-0.05, 0) is 41.3 Å². The summed E-state index contributed by atoms with van der Waals surface area (Å²) in [5.74, 6) is 0.0534. The lowest BCUT2D eigenvalue weighted by molar-refractivity contribution is 0.426. The Hall–Kier alpha value is -2.47. The first-order valence-corrected chi connectivity index (χ1v) is 8.47. The minimum Gasteiger partial charge on any atom is -0.295 e. The second-order valence-corrected chi connectivity index (χ2v) is 6.88. The summed E-state index contributed by atoms with van der Waals surface area (Å²) in [5.41, 5.74) is 2.39. The van der Waals surface area contributed by atoms with Crippen molar-refractivity contribution in [1.82, 2.24) is 14.1 Å². The van der Waals surface area contributed by atoms with Crippen molar-refractivity contribution < 1.29 is 8.78 Å². The molecule has 0 bridgehead atoms. The Morgan fingerprint density at radius 2 is 1.81 bits per heavy atom. The van der Waals surface area contributed by atoms with Crippen LogP contribution in [-0.4, -0.2) is 14.1 Å². The molecule has 2 heterocycles. The van der Waals surface area contributed by atoms with Crippen molar-refractivity contribution >= 4 is 28.2 Å². The molecule has 0 fully saturated rings. The molecule has 0 N–H and O–H groups in total. The van der Waals surface area contributed by atoms with Crippen LogP contribution in [0.1, 0.15) is 36.5 Å². The molecule has 0 radical (unpaired) electrons. The van der Waals surface area contributed by atoms with Crippen molar-refractivity contribution in [3.05, 3.63) is 68.9 Å². The standard InChI is InChI=1S/C19H18ClF2N3O/c1-10(2)13-7-12(8-14-17(13)25(4)19(26)24(14)3)16(18(21)22)11-5-6-15(20)23-9-11/h5-10H,1-4H3. The summed E-state index contributed by atoms with van der Waals surface area (Å²) >= 11 is 5.77. The second-order valence-electron chi connectivity index (χ2n) is 6.49. The lowest BCUT2D eigenvalue weighted by Crippen LogP contribution is -2.19. The van der Waals surface area contributed by atoms with Crippen molar-refractivity contribution in [3.63, 3.8) is 0 Å². The summed E-state index contributed by atoms with van der Waals surface area (Å²) in [5, 5.41) is 0.233. The molecule has 3 rings (SSSR count). The number of aromatic nitrogens is 3. The van der Waals surface area contributed by atoms with E-state index in [1.807, 2.05) is 13.8 Å².